The highest BCUT2D eigenvalue weighted by atomic mass is 16.5. The molecule has 3 rings (SSSR count). The molecule has 7 heteroatoms. The third-order valence-corrected chi connectivity index (χ3v) is 2.81. The fourth-order valence-corrected chi connectivity index (χ4v) is 1.79. The molecular weight excluding hydrogens is 282 g/mol. The summed E-state index contributed by atoms with van der Waals surface area (Å²) in [5.41, 5.74) is 0.931. The molecule has 0 atom stereocenters. The summed E-state index contributed by atoms with van der Waals surface area (Å²) in [6.07, 6.45) is 0. The van der Waals surface area contributed by atoms with Gasteiger partial charge in [0.2, 0.25) is 0 Å². The van der Waals surface area contributed by atoms with Crippen LogP contribution < -0.4 is 10.6 Å². The number of aryl methyl sites for hydroxylation is 1. The number of anilines is 3. The summed E-state index contributed by atoms with van der Waals surface area (Å²) < 4.78 is 4.94. The van der Waals surface area contributed by atoms with Gasteiger partial charge in [0, 0.05) is 11.8 Å². The third kappa shape index (κ3) is 3.26. The Kier molecular flexibility index (Phi) is 3.78. The number of benzene rings is 1. The van der Waals surface area contributed by atoms with Gasteiger partial charge in [0.15, 0.2) is 17.3 Å². The predicted octanol–water partition coefficient (Wildman–Crippen LogP) is 2.77. The first kappa shape index (κ1) is 13.7. The smallest absolute Gasteiger partial charge is 0.276 e. The molecule has 3 aromatic rings. The molecule has 0 saturated carbocycles. The molecule has 0 saturated heterocycles. The Hall–Kier alpha value is -3.22. The minimum absolute atomic E-state index is 0.228. The first-order valence-electron chi connectivity index (χ1n) is 6.61. The van der Waals surface area contributed by atoms with Gasteiger partial charge in [0.1, 0.15) is 5.76 Å². The first-order valence-corrected chi connectivity index (χ1v) is 6.61. The number of hydrogen-bond donors (Lipinski definition) is 2. The van der Waals surface area contributed by atoms with E-state index in [1.54, 1.807) is 37.3 Å². The maximum atomic E-state index is 12.0. The molecule has 110 valence electrons. The number of amides is 1. The molecule has 0 spiro atoms. The molecule has 2 aromatic heterocycles. The Morgan fingerprint density at radius 2 is 1.86 bits per heavy atom. The second kappa shape index (κ2) is 6.04. The molecule has 2 heterocycles. The van der Waals surface area contributed by atoms with Crippen LogP contribution in [0.25, 0.3) is 0 Å². The molecule has 22 heavy (non-hydrogen) atoms. The summed E-state index contributed by atoms with van der Waals surface area (Å²) in [5, 5.41) is 17.3. The molecule has 1 amide bonds. The van der Waals surface area contributed by atoms with E-state index in [4.69, 9.17) is 4.52 Å². The number of carbonyl (C=O) groups is 1. The van der Waals surface area contributed by atoms with Crippen LogP contribution in [0.3, 0.4) is 0 Å². The van der Waals surface area contributed by atoms with Crippen molar-refractivity contribution in [3.05, 3.63) is 60.0 Å². The highest BCUT2D eigenvalue weighted by Gasteiger charge is 2.09. The van der Waals surface area contributed by atoms with E-state index in [0.29, 0.717) is 23.1 Å². The van der Waals surface area contributed by atoms with Crippen molar-refractivity contribution in [2.75, 3.05) is 10.6 Å². The summed E-state index contributed by atoms with van der Waals surface area (Å²) >= 11 is 0. The number of nitrogens with zero attached hydrogens (tertiary/aromatic N) is 3. The largest absolute Gasteiger partial charge is 0.360 e. The normalized spacial score (nSPS) is 10.2. The summed E-state index contributed by atoms with van der Waals surface area (Å²) in [6, 6.07) is 14.1. The average molecular weight is 295 g/mol. The Balaban J connectivity index is 1.67. The van der Waals surface area contributed by atoms with Crippen LogP contribution in [-0.4, -0.2) is 21.3 Å². The van der Waals surface area contributed by atoms with Crippen LogP contribution in [0.1, 0.15) is 16.2 Å². The average Bonchev–Trinajstić information content (AvgIpc) is 2.94. The fraction of sp³-hybridized carbons (Fsp3) is 0.0667. The van der Waals surface area contributed by atoms with Crippen molar-refractivity contribution in [1.82, 2.24) is 15.4 Å². The molecule has 0 unspecified atom stereocenters. The lowest BCUT2D eigenvalue weighted by molar-refractivity contribution is 0.102. The second-order valence-electron chi connectivity index (χ2n) is 4.57. The molecule has 0 fully saturated rings. The van der Waals surface area contributed by atoms with Crippen molar-refractivity contribution >= 4 is 23.2 Å². The monoisotopic (exact) mass is 295 g/mol. The van der Waals surface area contributed by atoms with E-state index < -0.39 is 0 Å². The van der Waals surface area contributed by atoms with Gasteiger partial charge in [-0.1, -0.05) is 23.4 Å². The maximum absolute atomic E-state index is 12.0. The van der Waals surface area contributed by atoms with Crippen LogP contribution in [0.5, 0.6) is 0 Å². The topological polar surface area (TPSA) is 92.9 Å². The van der Waals surface area contributed by atoms with Gasteiger partial charge >= 0.3 is 0 Å². The highest BCUT2D eigenvalue weighted by Crippen LogP contribution is 2.14. The van der Waals surface area contributed by atoms with Crippen molar-refractivity contribution in [2.45, 2.75) is 6.92 Å². The van der Waals surface area contributed by atoms with Gasteiger partial charge in [-0.25, -0.2) is 0 Å². The molecular formula is C15H13N5O2. The van der Waals surface area contributed by atoms with Crippen molar-refractivity contribution < 1.29 is 9.32 Å². The number of hydrogen-bond acceptors (Lipinski definition) is 6. The number of para-hydroxylation sites is 1. The highest BCUT2D eigenvalue weighted by molar-refractivity contribution is 6.02. The van der Waals surface area contributed by atoms with E-state index in [2.05, 4.69) is 26.0 Å². The second-order valence-corrected chi connectivity index (χ2v) is 4.57. The number of aromatic nitrogens is 3. The van der Waals surface area contributed by atoms with Crippen LogP contribution in [-0.2, 0) is 0 Å². The lowest BCUT2D eigenvalue weighted by Gasteiger charge is -2.04. The zero-order chi connectivity index (χ0) is 15.4. The van der Waals surface area contributed by atoms with E-state index in [1.807, 2.05) is 18.2 Å². The van der Waals surface area contributed by atoms with Crippen LogP contribution >= 0.6 is 0 Å². The zero-order valence-corrected chi connectivity index (χ0v) is 11.8. The quantitative estimate of drug-likeness (QED) is 0.768. The van der Waals surface area contributed by atoms with Crippen molar-refractivity contribution in [1.29, 1.82) is 0 Å². The number of rotatable bonds is 4. The minimum atomic E-state index is -0.317. The molecule has 0 aliphatic carbocycles. The predicted molar refractivity (Wildman–Crippen MR) is 80.9 cm³/mol. The Labute approximate surface area is 126 Å². The fourth-order valence-electron chi connectivity index (χ4n) is 1.79. The molecule has 0 bridgehead atoms. The van der Waals surface area contributed by atoms with Crippen molar-refractivity contribution in [3.63, 3.8) is 0 Å². The maximum Gasteiger partial charge on any atom is 0.276 e. The van der Waals surface area contributed by atoms with Gasteiger partial charge in [-0.3, -0.25) is 4.79 Å². The number of nitrogens with one attached hydrogen (secondary N) is 2. The minimum Gasteiger partial charge on any atom is -0.360 e. The first-order chi connectivity index (χ1) is 10.7. The molecule has 2 N–H and O–H groups in total. The SMILES string of the molecule is Cc1cc(Nc2ccc(C(=O)Nc3ccccc3)nn2)no1. The van der Waals surface area contributed by atoms with Crippen molar-refractivity contribution in [2.24, 2.45) is 0 Å². The van der Waals surface area contributed by atoms with E-state index in [9.17, 15) is 4.79 Å². The van der Waals surface area contributed by atoms with Gasteiger partial charge in [0.05, 0.1) is 0 Å². The van der Waals surface area contributed by atoms with Gasteiger partial charge < -0.3 is 15.2 Å². The Morgan fingerprint density at radius 3 is 2.50 bits per heavy atom. The molecule has 0 aliphatic rings. The molecule has 1 aromatic carbocycles. The Bertz CT molecular complexity index is 768. The zero-order valence-electron chi connectivity index (χ0n) is 11.8. The summed E-state index contributed by atoms with van der Waals surface area (Å²) in [5.74, 6) is 1.38. The summed E-state index contributed by atoms with van der Waals surface area (Å²) in [4.78, 5) is 12.0. The van der Waals surface area contributed by atoms with E-state index in [-0.39, 0.29) is 11.6 Å². The molecule has 0 radical (unpaired) electrons. The van der Waals surface area contributed by atoms with E-state index >= 15 is 0 Å². The van der Waals surface area contributed by atoms with Crippen molar-refractivity contribution in [3.8, 4) is 0 Å². The number of carbonyl (C=O) groups excluding carboxylic acids is 1. The molecule has 7 nitrogen and oxygen atoms in total. The summed E-state index contributed by atoms with van der Waals surface area (Å²) in [7, 11) is 0. The summed E-state index contributed by atoms with van der Waals surface area (Å²) in [6.45, 7) is 1.79. The van der Waals surface area contributed by atoms with Crippen LogP contribution in [0.4, 0.5) is 17.3 Å². The van der Waals surface area contributed by atoms with Gasteiger partial charge in [-0.15, -0.1) is 10.2 Å². The van der Waals surface area contributed by atoms with Gasteiger partial charge in [-0.05, 0) is 31.2 Å². The van der Waals surface area contributed by atoms with Crippen LogP contribution in [0.15, 0.2) is 53.1 Å². The van der Waals surface area contributed by atoms with Gasteiger partial charge in [0.25, 0.3) is 5.91 Å². The third-order valence-electron chi connectivity index (χ3n) is 2.81. The van der Waals surface area contributed by atoms with E-state index in [1.165, 1.54) is 0 Å². The van der Waals surface area contributed by atoms with Gasteiger partial charge in [-0.2, -0.15) is 0 Å². The Morgan fingerprint density at radius 1 is 1.05 bits per heavy atom. The lowest BCUT2D eigenvalue weighted by Crippen LogP contribution is -2.14. The van der Waals surface area contributed by atoms with Crippen LogP contribution in [0.2, 0.25) is 0 Å². The van der Waals surface area contributed by atoms with E-state index in [0.717, 1.165) is 0 Å². The standard InChI is InChI=1S/C15H13N5O2/c1-10-9-14(20-22-10)17-13-8-7-12(18-19-13)15(21)16-11-5-3-2-4-6-11/h2-9H,1H3,(H,16,21)(H,17,19,20). The van der Waals surface area contributed by atoms with Crippen LogP contribution in [0, 0.1) is 6.92 Å². The lowest BCUT2D eigenvalue weighted by atomic mass is 10.3. The molecule has 0 aliphatic heterocycles.